The second-order valence-electron chi connectivity index (χ2n) is 9.89. The number of hydrogen-bond acceptors (Lipinski definition) is 8. The third kappa shape index (κ3) is 3.86. The average Bonchev–Trinajstić information content (AvgIpc) is 3.58. The van der Waals surface area contributed by atoms with E-state index in [1.165, 1.54) is 9.58 Å². The Hall–Kier alpha value is -3.64. The van der Waals surface area contributed by atoms with Gasteiger partial charge in [0.2, 0.25) is 11.8 Å². The highest BCUT2D eigenvalue weighted by atomic mass is 16.6. The van der Waals surface area contributed by atoms with Crippen LogP contribution in [-0.2, 0) is 25.6 Å². The van der Waals surface area contributed by atoms with E-state index in [4.69, 9.17) is 9.47 Å². The first-order chi connectivity index (χ1) is 17.3. The topological polar surface area (TPSA) is 136 Å². The highest BCUT2D eigenvalue weighted by Gasteiger charge is 2.44. The summed E-state index contributed by atoms with van der Waals surface area (Å²) in [5.41, 5.74) is 1.65. The largest absolute Gasteiger partial charge is 0.378 e. The molecule has 4 amide bonds. The molecule has 12 heteroatoms. The maximum Gasteiger partial charge on any atom is 0.276 e. The number of aromatic nitrogens is 3. The van der Waals surface area contributed by atoms with E-state index in [1.54, 1.807) is 23.2 Å². The molecule has 2 aromatic rings. The fraction of sp³-hybridized carbons (Fsp3) is 0.500. The number of benzene rings is 1. The molecule has 3 atom stereocenters. The fourth-order valence-corrected chi connectivity index (χ4v) is 5.54. The van der Waals surface area contributed by atoms with Gasteiger partial charge in [-0.25, -0.2) is 4.68 Å². The Bertz CT molecular complexity index is 1270. The number of hydrogen-bond donors (Lipinski definition) is 1. The molecule has 0 aliphatic carbocycles. The third-order valence-corrected chi connectivity index (χ3v) is 7.25. The molecule has 0 bridgehead atoms. The number of amides is 4. The van der Waals surface area contributed by atoms with Crippen molar-refractivity contribution in [1.29, 1.82) is 0 Å². The number of carbonyl (C=O) groups is 4. The van der Waals surface area contributed by atoms with Crippen LogP contribution in [0.15, 0.2) is 24.4 Å². The maximum atomic E-state index is 13.2. The van der Waals surface area contributed by atoms with Crippen molar-refractivity contribution in [3.8, 4) is 5.69 Å². The second-order valence-corrected chi connectivity index (χ2v) is 9.89. The van der Waals surface area contributed by atoms with Gasteiger partial charge in [0, 0.05) is 38.1 Å². The van der Waals surface area contributed by atoms with Gasteiger partial charge in [0.05, 0.1) is 31.1 Å². The lowest BCUT2D eigenvalue weighted by Gasteiger charge is -2.42. The van der Waals surface area contributed by atoms with E-state index >= 15 is 0 Å². The summed E-state index contributed by atoms with van der Waals surface area (Å²) in [7, 11) is 0. The van der Waals surface area contributed by atoms with E-state index in [9.17, 15) is 19.2 Å². The highest BCUT2D eigenvalue weighted by molar-refractivity contribution is 6.05. The first-order valence-corrected chi connectivity index (χ1v) is 12.1. The Balaban J connectivity index is 1.19. The van der Waals surface area contributed by atoms with Crippen LogP contribution in [0.1, 0.15) is 52.6 Å². The Morgan fingerprint density at radius 1 is 1.25 bits per heavy atom. The van der Waals surface area contributed by atoms with Gasteiger partial charge >= 0.3 is 0 Å². The molecule has 0 saturated carbocycles. The lowest BCUT2D eigenvalue weighted by molar-refractivity contribution is -0.138. The first kappa shape index (κ1) is 22.8. The minimum Gasteiger partial charge on any atom is -0.378 e. The minimum absolute atomic E-state index is 0.110. The standard InChI is InChI=1S/C24H26N6O6/c1-14-9-28(12-24(36-14)6-7-35-13-24)23(34)18-11-30(27-26-18)16-2-3-17-15(8-16)10-29(22(17)33)19-4-5-20(31)25-21(19)32/h2-3,8,11,14,19H,4-7,9-10,12-13H2,1H3,(H,25,31,32). The van der Waals surface area contributed by atoms with Gasteiger partial charge in [-0.3, -0.25) is 24.5 Å². The average molecular weight is 495 g/mol. The van der Waals surface area contributed by atoms with Crippen LogP contribution in [0.5, 0.6) is 0 Å². The summed E-state index contributed by atoms with van der Waals surface area (Å²) < 4.78 is 13.1. The molecule has 3 unspecified atom stereocenters. The Morgan fingerprint density at radius 2 is 2.11 bits per heavy atom. The van der Waals surface area contributed by atoms with Gasteiger partial charge in [-0.05, 0) is 37.1 Å². The Kier molecular flexibility index (Phi) is 5.38. The van der Waals surface area contributed by atoms with Crippen molar-refractivity contribution in [2.45, 2.75) is 50.5 Å². The molecule has 188 valence electrons. The Morgan fingerprint density at radius 3 is 2.89 bits per heavy atom. The summed E-state index contributed by atoms with van der Waals surface area (Å²) in [6, 6.07) is 4.56. The molecule has 1 N–H and O–H groups in total. The molecule has 1 aromatic heterocycles. The van der Waals surface area contributed by atoms with Crippen LogP contribution in [0.3, 0.4) is 0 Å². The maximum absolute atomic E-state index is 13.2. The molecular formula is C24H26N6O6. The van der Waals surface area contributed by atoms with E-state index in [-0.39, 0.29) is 42.5 Å². The number of nitrogens with one attached hydrogen (secondary N) is 1. The molecule has 6 rings (SSSR count). The van der Waals surface area contributed by atoms with E-state index in [0.717, 1.165) is 12.0 Å². The normalized spacial score (nSPS) is 28.1. The number of nitrogens with zero attached hydrogens (tertiary/aromatic N) is 5. The number of piperidine rings is 1. The van der Waals surface area contributed by atoms with Crippen LogP contribution in [-0.4, -0.2) is 92.5 Å². The molecule has 36 heavy (non-hydrogen) atoms. The van der Waals surface area contributed by atoms with E-state index in [0.29, 0.717) is 44.0 Å². The number of fused-ring (bicyclic) bond motifs is 1. The Labute approximate surface area is 206 Å². The molecule has 1 spiro atoms. The summed E-state index contributed by atoms with van der Waals surface area (Å²) >= 11 is 0. The van der Waals surface area contributed by atoms with Gasteiger partial charge in [-0.2, -0.15) is 0 Å². The fourth-order valence-electron chi connectivity index (χ4n) is 5.54. The van der Waals surface area contributed by atoms with Crippen molar-refractivity contribution < 1.29 is 28.7 Å². The third-order valence-electron chi connectivity index (χ3n) is 7.25. The summed E-state index contributed by atoms with van der Waals surface area (Å²) in [6.45, 7) is 4.19. The lowest BCUT2D eigenvalue weighted by atomic mass is 9.99. The number of rotatable bonds is 3. The molecule has 4 aliphatic rings. The van der Waals surface area contributed by atoms with Crippen LogP contribution in [0.2, 0.25) is 0 Å². The second kappa shape index (κ2) is 8.49. The van der Waals surface area contributed by atoms with E-state index in [1.807, 2.05) is 13.0 Å². The quantitative estimate of drug-likeness (QED) is 0.591. The monoisotopic (exact) mass is 494 g/mol. The van der Waals surface area contributed by atoms with E-state index < -0.39 is 17.6 Å². The van der Waals surface area contributed by atoms with Gasteiger partial charge in [0.15, 0.2) is 5.69 Å². The van der Waals surface area contributed by atoms with Crippen molar-refractivity contribution in [1.82, 2.24) is 30.1 Å². The number of ether oxygens (including phenoxy) is 2. The zero-order chi connectivity index (χ0) is 25.0. The zero-order valence-electron chi connectivity index (χ0n) is 19.8. The summed E-state index contributed by atoms with van der Waals surface area (Å²) in [5, 5.41) is 10.6. The number of morpholine rings is 1. The van der Waals surface area contributed by atoms with E-state index in [2.05, 4.69) is 15.6 Å². The molecular weight excluding hydrogens is 468 g/mol. The smallest absolute Gasteiger partial charge is 0.276 e. The lowest BCUT2D eigenvalue weighted by Crippen LogP contribution is -2.57. The first-order valence-electron chi connectivity index (χ1n) is 12.1. The number of carbonyl (C=O) groups excluding carboxylic acids is 4. The van der Waals surface area contributed by atoms with Gasteiger partial charge in [0.25, 0.3) is 11.8 Å². The van der Waals surface area contributed by atoms with Gasteiger partial charge < -0.3 is 19.3 Å². The number of imide groups is 1. The van der Waals surface area contributed by atoms with Gasteiger partial charge in [-0.15, -0.1) is 5.10 Å². The molecule has 12 nitrogen and oxygen atoms in total. The molecule has 1 aromatic carbocycles. The SMILES string of the molecule is CC1CN(C(=O)c2cn(-c3ccc4c(c3)CN(C3CCC(=O)NC3=O)C4=O)nn2)CC2(CCOC2)O1. The minimum atomic E-state index is -0.675. The van der Waals surface area contributed by atoms with Gasteiger partial charge in [0.1, 0.15) is 11.6 Å². The summed E-state index contributed by atoms with van der Waals surface area (Å²) in [5.74, 6) is -1.23. The van der Waals surface area contributed by atoms with Crippen LogP contribution in [0.25, 0.3) is 5.69 Å². The van der Waals surface area contributed by atoms with Crippen LogP contribution in [0, 0.1) is 0 Å². The zero-order valence-corrected chi connectivity index (χ0v) is 19.8. The predicted molar refractivity (Wildman–Crippen MR) is 122 cm³/mol. The molecule has 0 radical (unpaired) electrons. The van der Waals surface area contributed by atoms with Crippen molar-refractivity contribution in [3.63, 3.8) is 0 Å². The van der Waals surface area contributed by atoms with Crippen molar-refractivity contribution in [3.05, 3.63) is 41.2 Å². The summed E-state index contributed by atoms with van der Waals surface area (Å²) in [4.78, 5) is 53.2. The van der Waals surface area contributed by atoms with Crippen molar-refractivity contribution in [2.24, 2.45) is 0 Å². The highest BCUT2D eigenvalue weighted by Crippen LogP contribution is 2.31. The molecule has 3 fully saturated rings. The molecule has 3 saturated heterocycles. The van der Waals surface area contributed by atoms with Crippen LogP contribution >= 0.6 is 0 Å². The van der Waals surface area contributed by atoms with Gasteiger partial charge in [-0.1, -0.05) is 5.21 Å². The molecule has 4 aliphatic heterocycles. The van der Waals surface area contributed by atoms with Crippen LogP contribution in [0.4, 0.5) is 0 Å². The van der Waals surface area contributed by atoms with Crippen molar-refractivity contribution >= 4 is 23.6 Å². The summed E-state index contributed by atoms with van der Waals surface area (Å²) in [6.07, 6.45) is 2.72. The molecule has 5 heterocycles. The predicted octanol–water partition coefficient (Wildman–Crippen LogP) is 0.0483. The van der Waals surface area contributed by atoms with Crippen molar-refractivity contribution in [2.75, 3.05) is 26.3 Å². The van der Waals surface area contributed by atoms with Crippen LogP contribution < -0.4 is 5.32 Å².